The van der Waals surface area contributed by atoms with Gasteiger partial charge >= 0.3 is 0 Å². The number of ketones is 1. The Kier molecular flexibility index (Phi) is 6.55. The van der Waals surface area contributed by atoms with Gasteiger partial charge in [-0.05, 0) is 61.8 Å². The van der Waals surface area contributed by atoms with E-state index in [9.17, 15) is 9.59 Å². The van der Waals surface area contributed by atoms with Crippen LogP contribution in [-0.4, -0.2) is 24.4 Å². The number of benzene rings is 1. The molecule has 0 unspecified atom stereocenters. The molecular weight excluding hydrogens is 302 g/mol. The number of carbonyl (C=O) groups is 2. The summed E-state index contributed by atoms with van der Waals surface area (Å²) in [4.78, 5) is 23.4. The molecule has 3 atom stereocenters. The monoisotopic (exact) mass is 331 g/mol. The second-order valence-corrected chi connectivity index (χ2v) is 7.36. The third-order valence-corrected chi connectivity index (χ3v) is 4.97. The Morgan fingerprint density at radius 1 is 1.21 bits per heavy atom. The van der Waals surface area contributed by atoms with E-state index in [1.54, 1.807) is 24.3 Å². The molecule has 0 aromatic heterocycles. The van der Waals surface area contributed by atoms with Crippen LogP contribution in [0.5, 0.6) is 0 Å². The van der Waals surface area contributed by atoms with Gasteiger partial charge in [-0.1, -0.05) is 27.2 Å². The van der Waals surface area contributed by atoms with Crippen molar-refractivity contribution in [2.24, 2.45) is 17.8 Å². The average Bonchev–Trinajstić information content (AvgIpc) is 2.53. The molecule has 1 aliphatic carbocycles. The minimum atomic E-state index is -0.147. The van der Waals surface area contributed by atoms with E-state index in [2.05, 4.69) is 26.1 Å². The topological polar surface area (TPSA) is 55.4 Å². The minimum absolute atomic E-state index is 0.0161. The first-order chi connectivity index (χ1) is 11.4. The zero-order valence-electron chi connectivity index (χ0n) is 15.2. The molecule has 0 heterocycles. The molecule has 0 radical (unpaired) electrons. The molecule has 4 heteroatoms. The standard InChI is InChI=1S/C20H29NO3/c1-13(2)18-10-5-14(3)11-19(18)24-12-20(23)21-17-8-6-16(7-9-17)15(4)22/h6-9,13-14,18-19H,5,10-12H2,1-4H3,(H,21,23)/t14-,18+,19+/m0/s1. The van der Waals surface area contributed by atoms with Gasteiger partial charge in [0, 0.05) is 11.3 Å². The van der Waals surface area contributed by atoms with Crippen molar-refractivity contribution in [3.8, 4) is 0 Å². The molecule has 132 valence electrons. The average molecular weight is 331 g/mol. The fraction of sp³-hybridized carbons (Fsp3) is 0.600. The number of carbonyl (C=O) groups excluding carboxylic acids is 2. The van der Waals surface area contributed by atoms with Gasteiger partial charge in [-0.25, -0.2) is 0 Å². The summed E-state index contributed by atoms with van der Waals surface area (Å²) < 4.78 is 5.96. The van der Waals surface area contributed by atoms with E-state index in [1.807, 2.05) is 0 Å². The molecule has 0 saturated heterocycles. The highest BCUT2D eigenvalue weighted by molar-refractivity contribution is 5.95. The molecule has 1 aliphatic rings. The fourth-order valence-electron chi connectivity index (χ4n) is 3.47. The number of nitrogens with one attached hydrogen (secondary N) is 1. The highest BCUT2D eigenvalue weighted by Crippen LogP contribution is 2.35. The fourth-order valence-corrected chi connectivity index (χ4v) is 3.47. The number of hydrogen-bond acceptors (Lipinski definition) is 3. The molecule has 24 heavy (non-hydrogen) atoms. The zero-order chi connectivity index (χ0) is 17.7. The van der Waals surface area contributed by atoms with E-state index < -0.39 is 0 Å². The van der Waals surface area contributed by atoms with Crippen molar-refractivity contribution in [2.45, 2.75) is 53.1 Å². The molecule has 0 bridgehead atoms. The maximum Gasteiger partial charge on any atom is 0.250 e. The lowest BCUT2D eigenvalue weighted by Crippen LogP contribution is -2.36. The van der Waals surface area contributed by atoms with Crippen molar-refractivity contribution < 1.29 is 14.3 Å². The van der Waals surface area contributed by atoms with Crippen molar-refractivity contribution in [2.75, 3.05) is 11.9 Å². The summed E-state index contributed by atoms with van der Waals surface area (Å²) in [5, 5.41) is 2.83. The Bertz CT molecular complexity index is 565. The molecule has 1 N–H and O–H groups in total. The molecule has 1 fully saturated rings. The Labute approximate surface area is 145 Å². The quantitative estimate of drug-likeness (QED) is 0.791. The van der Waals surface area contributed by atoms with Crippen LogP contribution < -0.4 is 5.32 Å². The van der Waals surface area contributed by atoms with Gasteiger partial charge in [0.1, 0.15) is 6.61 Å². The second kappa shape index (κ2) is 8.43. The highest BCUT2D eigenvalue weighted by atomic mass is 16.5. The van der Waals surface area contributed by atoms with Gasteiger partial charge in [-0.15, -0.1) is 0 Å². The second-order valence-electron chi connectivity index (χ2n) is 7.36. The molecule has 1 aromatic rings. The van der Waals surface area contributed by atoms with Crippen LogP contribution in [0, 0.1) is 17.8 Å². The summed E-state index contributed by atoms with van der Waals surface area (Å²) in [5.41, 5.74) is 1.33. The van der Waals surface area contributed by atoms with E-state index in [4.69, 9.17) is 4.74 Å². The van der Waals surface area contributed by atoms with Crippen molar-refractivity contribution in [1.82, 2.24) is 0 Å². The Balaban J connectivity index is 1.86. The molecule has 0 aliphatic heterocycles. The Morgan fingerprint density at radius 2 is 1.88 bits per heavy atom. The first-order valence-corrected chi connectivity index (χ1v) is 8.89. The number of anilines is 1. The maximum atomic E-state index is 12.1. The number of rotatable bonds is 6. The van der Waals surface area contributed by atoms with Gasteiger partial charge in [-0.3, -0.25) is 9.59 Å². The minimum Gasteiger partial charge on any atom is -0.368 e. The summed E-state index contributed by atoms with van der Waals surface area (Å²) in [6.45, 7) is 8.32. The van der Waals surface area contributed by atoms with E-state index in [1.165, 1.54) is 19.8 Å². The SMILES string of the molecule is CC(=O)c1ccc(NC(=O)CO[C@@H]2C[C@@H](C)CC[C@@H]2C(C)C)cc1. The van der Waals surface area contributed by atoms with Gasteiger partial charge < -0.3 is 10.1 Å². The molecule has 4 nitrogen and oxygen atoms in total. The summed E-state index contributed by atoms with van der Waals surface area (Å²) in [6, 6.07) is 6.93. The molecular formula is C20H29NO3. The van der Waals surface area contributed by atoms with Crippen LogP contribution in [-0.2, 0) is 9.53 Å². The van der Waals surface area contributed by atoms with E-state index in [0.717, 1.165) is 6.42 Å². The largest absolute Gasteiger partial charge is 0.368 e. The number of ether oxygens (including phenoxy) is 1. The number of hydrogen-bond donors (Lipinski definition) is 1. The van der Waals surface area contributed by atoms with Crippen LogP contribution in [0.15, 0.2) is 24.3 Å². The Morgan fingerprint density at radius 3 is 2.46 bits per heavy atom. The first-order valence-electron chi connectivity index (χ1n) is 8.89. The van der Waals surface area contributed by atoms with Crippen molar-refractivity contribution in [3.63, 3.8) is 0 Å². The van der Waals surface area contributed by atoms with E-state index >= 15 is 0 Å². The summed E-state index contributed by atoms with van der Waals surface area (Å²) in [5.74, 6) is 1.63. The summed E-state index contributed by atoms with van der Waals surface area (Å²) in [7, 11) is 0. The van der Waals surface area contributed by atoms with Gasteiger partial charge in [0.15, 0.2) is 5.78 Å². The molecule has 1 aromatic carbocycles. The zero-order valence-corrected chi connectivity index (χ0v) is 15.2. The molecule has 0 spiro atoms. The van der Waals surface area contributed by atoms with Crippen LogP contribution in [0.25, 0.3) is 0 Å². The van der Waals surface area contributed by atoms with Gasteiger partial charge in [0.05, 0.1) is 6.10 Å². The lowest BCUT2D eigenvalue weighted by Gasteiger charge is -2.37. The van der Waals surface area contributed by atoms with E-state index in [0.29, 0.717) is 29.0 Å². The predicted molar refractivity (Wildman–Crippen MR) is 96.2 cm³/mol. The van der Waals surface area contributed by atoms with Gasteiger partial charge in [-0.2, -0.15) is 0 Å². The smallest absolute Gasteiger partial charge is 0.250 e. The van der Waals surface area contributed by atoms with Crippen LogP contribution in [0.4, 0.5) is 5.69 Å². The maximum absolute atomic E-state index is 12.1. The third-order valence-electron chi connectivity index (χ3n) is 4.97. The van der Waals surface area contributed by atoms with Crippen LogP contribution in [0.3, 0.4) is 0 Å². The normalized spacial score (nSPS) is 24.0. The molecule has 1 saturated carbocycles. The third kappa shape index (κ3) is 5.17. The van der Waals surface area contributed by atoms with Crippen LogP contribution in [0.2, 0.25) is 0 Å². The van der Waals surface area contributed by atoms with Crippen LogP contribution in [0.1, 0.15) is 57.3 Å². The van der Waals surface area contributed by atoms with Crippen LogP contribution >= 0.6 is 0 Å². The van der Waals surface area contributed by atoms with Crippen molar-refractivity contribution >= 4 is 17.4 Å². The lowest BCUT2D eigenvalue weighted by molar-refractivity contribution is -0.126. The Hall–Kier alpha value is -1.68. The van der Waals surface area contributed by atoms with E-state index in [-0.39, 0.29) is 24.4 Å². The number of Topliss-reactive ketones (excluding diaryl/α,β-unsaturated/α-hetero) is 1. The number of amides is 1. The first kappa shape index (κ1) is 18.7. The van der Waals surface area contributed by atoms with Gasteiger partial charge in [0.2, 0.25) is 5.91 Å². The predicted octanol–water partition coefficient (Wildman–Crippen LogP) is 4.31. The summed E-state index contributed by atoms with van der Waals surface area (Å²) in [6.07, 6.45) is 3.62. The lowest BCUT2D eigenvalue weighted by atomic mass is 9.75. The van der Waals surface area contributed by atoms with Gasteiger partial charge in [0.25, 0.3) is 0 Å². The summed E-state index contributed by atoms with van der Waals surface area (Å²) >= 11 is 0. The van der Waals surface area contributed by atoms with Crippen molar-refractivity contribution in [1.29, 1.82) is 0 Å². The highest BCUT2D eigenvalue weighted by Gasteiger charge is 2.31. The molecule has 1 amide bonds. The molecule has 2 rings (SSSR count). The van der Waals surface area contributed by atoms with Crippen molar-refractivity contribution in [3.05, 3.63) is 29.8 Å².